The van der Waals surface area contributed by atoms with Crippen molar-refractivity contribution in [3.63, 3.8) is 0 Å². The lowest BCUT2D eigenvalue weighted by Crippen LogP contribution is -2.17. The minimum Gasteiger partial charge on any atom is -0.493 e. The van der Waals surface area contributed by atoms with Gasteiger partial charge in [-0.3, -0.25) is 4.79 Å². The fourth-order valence-electron chi connectivity index (χ4n) is 2.45. The summed E-state index contributed by atoms with van der Waals surface area (Å²) in [7, 11) is 1.57. The Hall–Kier alpha value is -3.67. The molecule has 0 fully saturated rings. The second-order valence-electron chi connectivity index (χ2n) is 5.89. The number of carbonyl (C=O) groups is 1. The molecule has 1 amide bonds. The SMILES string of the molecule is COc1ccc(/C=N\NC(=O)c2ccc(F)cc2)cc1OCc1ccccc1. The van der Waals surface area contributed by atoms with E-state index in [-0.39, 0.29) is 0 Å². The highest BCUT2D eigenvalue weighted by Crippen LogP contribution is 2.28. The van der Waals surface area contributed by atoms with Gasteiger partial charge in [-0.2, -0.15) is 5.10 Å². The average Bonchev–Trinajstić information content (AvgIpc) is 2.73. The summed E-state index contributed by atoms with van der Waals surface area (Å²) in [4.78, 5) is 12.0. The number of nitrogens with zero attached hydrogens (tertiary/aromatic N) is 1. The highest BCUT2D eigenvalue weighted by atomic mass is 19.1. The molecule has 3 aromatic rings. The highest BCUT2D eigenvalue weighted by molar-refractivity contribution is 5.94. The zero-order valence-corrected chi connectivity index (χ0v) is 15.3. The number of benzene rings is 3. The number of ether oxygens (including phenoxy) is 2. The number of methoxy groups -OCH3 is 1. The minimum absolute atomic E-state index is 0.320. The van der Waals surface area contributed by atoms with Crippen molar-refractivity contribution in [2.45, 2.75) is 6.61 Å². The van der Waals surface area contributed by atoms with E-state index in [2.05, 4.69) is 10.5 Å². The molecule has 3 rings (SSSR count). The molecule has 0 atom stereocenters. The molecule has 0 aliphatic carbocycles. The fraction of sp³-hybridized carbons (Fsp3) is 0.0909. The van der Waals surface area contributed by atoms with Gasteiger partial charge < -0.3 is 9.47 Å². The molecular weight excluding hydrogens is 359 g/mol. The van der Waals surface area contributed by atoms with Crippen molar-refractivity contribution in [1.82, 2.24) is 5.43 Å². The van der Waals surface area contributed by atoms with Crippen molar-refractivity contribution in [2.75, 3.05) is 7.11 Å². The third-order valence-electron chi connectivity index (χ3n) is 3.91. The van der Waals surface area contributed by atoms with Crippen LogP contribution in [0, 0.1) is 5.82 Å². The summed E-state index contributed by atoms with van der Waals surface area (Å²) in [5.41, 5.74) is 4.49. The molecule has 28 heavy (non-hydrogen) atoms. The maximum Gasteiger partial charge on any atom is 0.271 e. The number of hydrazone groups is 1. The van der Waals surface area contributed by atoms with Crippen LogP contribution in [0.3, 0.4) is 0 Å². The van der Waals surface area contributed by atoms with E-state index in [4.69, 9.17) is 9.47 Å². The average molecular weight is 378 g/mol. The van der Waals surface area contributed by atoms with Gasteiger partial charge >= 0.3 is 0 Å². The maximum atomic E-state index is 12.9. The van der Waals surface area contributed by atoms with Gasteiger partial charge in [0.25, 0.3) is 5.91 Å². The summed E-state index contributed by atoms with van der Waals surface area (Å²) in [6.45, 7) is 0.402. The van der Waals surface area contributed by atoms with E-state index in [1.165, 1.54) is 30.5 Å². The number of amides is 1. The number of rotatable bonds is 7. The third-order valence-corrected chi connectivity index (χ3v) is 3.91. The van der Waals surface area contributed by atoms with Crippen LogP contribution < -0.4 is 14.9 Å². The van der Waals surface area contributed by atoms with E-state index >= 15 is 0 Å². The normalized spacial score (nSPS) is 10.6. The van der Waals surface area contributed by atoms with E-state index in [1.807, 2.05) is 30.3 Å². The molecule has 1 N–H and O–H groups in total. The quantitative estimate of drug-likeness (QED) is 0.496. The molecule has 0 bridgehead atoms. The molecule has 142 valence electrons. The topological polar surface area (TPSA) is 59.9 Å². The molecule has 6 heteroatoms. The second-order valence-corrected chi connectivity index (χ2v) is 5.89. The number of hydrogen-bond acceptors (Lipinski definition) is 4. The number of halogens is 1. The van der Waals surface area contributed by atoms with Gasteiger partial charge in [0.15, 0.2) is 11.5 Å². The summed E-state index contributed by atoms with van der Waals surface area (Å²) >= 11 is 0. The summed E-state index contributed by atoms with van der Waals surface area (Å²) in [5, 5.41) is 3.94. The van der Waals surface area contributed by atoms with E-state index in [1.54, 1.807) is 25.3 Å². The molecule has 0 heterocycles. The smallest absolute Gasteiger partial charge is 0.271 e. The number of carbonyl (C=O) groups excluding carboxylic acids is 1. The van der Waals surface area contributed by atoms with Gasteiger partial charge in [-0.05, 0) is 53.6 Å². The van der Waals surface area contributed by atoms with E-state index in [0.717, 1.165) is 11.1 Å². The lowest BCUT2D eigenvalue weighted by molar-refractivity contribution is 0.0955. The zero-order valence-electron chi connectivity index (χ0n) is 15.3. The van der Waals surface area contributed by atoms with E-state index in [9.17, 15) is 9.18 Å². The number of hydrogen-bond donors (Lipinski definition) is 1. The maximum absolute atomic E-state index is 12.9. The fourth-order valence-corrected chi connectivity index (χ4v) is 2.45. The van der Waals surface area contributed by atoms with Crippen molar-refractivity contribution in [1.29, 1.82) is 0 Å². The van der Waals surface area contributed by atoms with Crippen LogP contribution >= 0.6 is 0 Å². The van der Waals surface area contributed by atoms with Crippen molar-refractivity contribution >= 4 is 12.1 Å². The lowest BCUT2D eigenvalue weighted by Gasteiger charge is -2.11. The molecule has 0 saturated carbocycles. The monoisotopic (exact) mass is 378 g/mol. The zero-order chi connectivity index (χ0) is 19.8. The first-order valence-corrected chi connectivity index (χ1v) is 8.59. The molecule has 3 aromatic carbocycles. The first kappa shape index (κ1) is 19.1. The minimum atomic E-state index is -0.426. The van der Waals surface area contributed by atoms with Crippen LogP contribution in [-0.4, -0.2) is 19.2 Å². The Morgan fingerprint density at radius 1 is 1.04 bits per heavy atom. The third kappa shape index (κ3) is 5.17. The Bertz CT molecular complexity index is 957. The highest BCUT2D eigenvalue weighted by Gasteiger charge is 2.07. The Morgan fingerprint density at radius 3 is 2.50 bits per heavy atom. The summed E-state index contributed by atoms with van der Waals surface area (Å²) in [5.74, 6) is 0.343. The van der Waals surface area contributed by atoms with Crippen molar-refractivity contribution in [2.24, 2.45) is 5.10 Å². The predicted octanol–water partition coefficient (Wildman–Crippen LogP) is 4.18. The Labute approximate surface area is 162 Å². The Balaban J connectivity index is 1.65. The van der Waals surface area contributed by atoms with Crippen LogP contribution in [0.2, 0.25) is 0 Å². The summed E-state index contributed by atoms with van der Waals surface area (Å²) in [6, 6.07) is 20.3. The molecule has 0 spiro atoms. The second kappa shape index (κ2) is 9.32. The number of nitrogens with one attached hydrogen (secondary N) is 1. The van der Waals surface area contributed by atoms with Crippen molar-refractivity contribution in [3.8, 4) is 11.5 Å². The molecule has 0 aromatic heterocycles. The van der Waals surface area contributed by atoms with Crippen LogP contribution in [0.1, 0.15) is 21.5 Å². The first-order chi connectivity index (χ1) is 13.7. The Kier molecular flexibility index (Phi) is 6.36. The van der Waals surface area contributed by atoms with Crippen LogP contribution in [0.5, 0.6) is 11.5 Å². The predicted molar refractivity (Wildman–Crippen MR) is 105 cm³/mol. The molecule has 0 saturated heterocycles. The van der Waals surface area contributed by atoms with Crippen molar-refractivity contribution < 1.29 is 18.7 Å². The molecule has 0 aliphatic heterocycles. The lowest BCUT2D eigenvalue weighted by atomic mass is 10.2. The van der Waals surface area contributed by atoms with Crippen molar-refractivity contribution in [3.05, 3.63) is 95.3 Å². The largest absolute Gasteiger partial charge is 0.493 e. The standard InChI is InChI=1S/C22H19FN2O3/c1-27-20-12-7-17(13-21(20)28-15-16-5-3-2-4-6-16)14-24-25-22(26)18-8-10-19(23)11-9-18/h2-14H,15H2,1H3,(H,25,26)/b24-14-. The molecule has 5 nitrogen and oxygen atoms in total. The van der Waals surface area contributed by atoms with E-state index in [0.29, 0.717) is 23.7 Å². The Morgan fingerprint density at radius 2 is 1.79 bits per heavy atom. The molecule has 0 unspecified atom stereocenters. The van der Waals surface area contributed by atoms with Gasteiger partial charge in [0.05, 0.1) is 13.3 Å². The molecule has 0 aliphatic rings. The van der Waals surface area contributed by atoms with Gasteiger partial charge in [0.2, 0.25) is 0 Å². The van der Waals surface area contributed by atoms with E-state index < -0.39 is 11.7 Å². The first-order valence-electron chi connectivity index (χ1n) is 8.59. The molecule has 0 radical (unpaired) electrons. The van der Waals surface area contributed by atoms with Gasteiger partial charge in [0.1, 0.15) is 12.4 Å². The summed E-state index contributed by atoms with van der Waals surface area (Å²) < 4.78 is 24.1. The molecular formula is C22H19FN2O3. The van der Waals surface area contributed by atoms with Crippen LogP contribution in [0.4, 0.5) is 4.39 Å². The van der Waals surface area contributed by atoms with Crippen LogP contribution in [0.25, 0.3) is 0 Å². The van der Waals surface area contributed by atoms with Gasteiger partial charge in [0, 0.05) is 5.56 Å². The van der Waals surface area contributed by atoms with Gasteiger partial charge in [-0.15, -0.1) is 0 Å². The summed E-state index contributed by atoms with van der Waals surface area (Å²) in [6.07, 6.45) is 1.50. The van der Waals surface area contributed by atoms with Gasteiger partial charge in [-0.1, -0.05) is 30.3 Å². The van der Waals surface area contributed by atoms with Gasteiger partial charge in [-0.25, -0.2) is 9.82 Å². The van der Waals surface area contributed by atoms with Crippen LogP contribution in [0.15, 0.2) is 77.9 Å². The van der Waals surface area contributed by atoms with Crippen LogP contribution in [-0.2, 0) is 6.61 Å².